The molecule has 2 fully saturated rings. The Morgan fingerprint density at radius 1 is 0.920 bits per heavy atom. The molecule has 0 aliphatic carbocycles. The largest absolute Gasteiger partial charge is 0.341 e. The van der Waals surface area contributed by atoms with Crippen molar-refractivity contribution >= 4 is 11.9 Å². The third kappa shape index (κ3) is 4.95. The van der Waals surface area contributed by atoms with Crippen molar-refractivity contribution in [3.8, 4) is 0 Å². The Balaban J connectivity index is 1.38. The highest BCUT2D eigenvalue weighted by Crippen LogP contribution is 2.10. The number of carbonyl (C=O) groups excluding carboxylic acids is 2. The highest BCUT2D eigenvalue weighted by atomic mass is 16.2. The molecule has 6 nitrogen and oxygen atoms in total. The molecule has 3 amide bonds. The number of amides is 3. The molecule has 2 saturated heterocycles. The van der Waals surface area contributed by atoms with Gasteiger partial charge in [0.15, 0.2) is 0 Å². The first-order chi connectivity index (χ1) is 12.1. The average Bonchev–Trinajstić information content (AvgIpc) is 3.17. The maximum Gasteiger partial charge on any atom is 0.317 e. The fraction of sp³-hybridized carbons (Fsp3) is 0.579. The number of nitrogens with zero attached hydrogens (tertiary/aromatic N) is 3. The number of rotatable bonds is 4. The van der Waals surface area contributed by atoms with Gasteiger partial charge in [-0.05, 0) is 25.3 Å². The summed E-state index contributed by atoms with van der Waals surface area (Å²) in [6.07, 6.45) is 2.14. The second kappa shape index (κ2) is 8.34. The van der Waals surface area contributed by atoms with Gasteiger partial charge in [-0.25, -0.2) is 4.79 Å². The van der Waals surface area contributed by atoms with Gasteiger partial charge in [-0.2, -0.15) is 0 Å². The van der Waals surface area contributed by atoms with Crippen LogP contribution < -0.4 is 5.32 Å². The van der Waals surface area contributed by atoms with Crippen LogP contribution in [0.15, 0.2) is 24.3 Å². The highest BCUT2D eigenvalue weighted by Gasteiger charge is 2.23. The van der Waals surface area contributed by atoms with Gasteiger partial charge in [-0.15, -0.1) is 0 Å². The van der Waals surface area contributed by atoms with Crippen molar-refractivity contribution in [3.63, 3.8) is 0 Å². The maximum atomic E-state index is 12.2. The van der Waals surface area contributed by atoms with E-state index in [1.54, 1.807) is 0 Å². The molecule has 0 spiro atoms. The Kier molecular flexibility index (Phi) is 5.91. The molecule has 2 aliphatic heterocycles. The molecule has 0 radical (unpaired) electrons. The minimum absolute atomic E-state index is 0.0313. The first-order valence-corrected chi connectivity index (χ1v) is 9.20. The maximum absolute atomic E-state index is 12.2. The van der Waals surface area contributed by atoms with Gasteiger partial charge >= 0.3 is 6.03 Å². The number of hydrogen-bond acceptors (Lipinski definition) is 3. The van der Waals surface area contributed by atoms with Crippen molar-refractivity contribution in [3.05, 3.63) is 35.4 Å². The van der Waals surface area contributed by atoms with Crippen molar-refractivity contribution in [1.82, 2.24) is 20.0 Å². The molecule has 25 heavy (non-hydrogen) atoms. The summed E-state index contributed by atoms with van der Waals surface area (Å²) < 4.78 is 0. The van der Waals surface area contributed by atoms with E-state index in [1.165, 1.54) is 11.1 Å². The van der Waals surface area contributed by atoms with Gasteiger partial charge in [0.05, 0.1) is 6.54 Å². The number of nitrogens with one attached hydrogen (secondary N) is 1. The third-order valence-electron chi connectivity index (χ3n) is 5.04. The van der Waals surface area contributed by atoms with Crippen LogP contribution in [0, 0.1) is 6.92 Å². The first-order valence-electron chi connectivity index (χ1n) is 9.20. The zero-order chi connectivity index (χ0) is 17.6. The number of likely N-dealkylation sites (tertiary alicyclic amines) is 1. The Morgan fingerprint density at radius 3 is 2.20 bits per heavy atom. The molecule has 0 bridgehead atoms. The third-order valence-corrected chi connectivity index (χ3v) is 5.04. The standard InChI is InChI=1S/C19H28N4O2/c1-16-4-6-17(7-5-16)15-21-10-12-23(13-11-21)19(25)20-14-18(24)22-8-2-3-9-22/h4-7H,2-3,8-15H2,1H3,(H,20,25). The number of urea groups is 1. The second-order valence-corrected chi connectivity index (χ2v) is 7.00. The smallest absolute Gasteiger partial charge is 0.317 e. The number of benzene rings is 1. The van der Waals surface area contributed by atoms with Crippen LogP contribution in [0.25, 0.3) is 0 Å². The van der Waals surface area contributed by atoms with Crippen molar-refractivity contribution in [1.29, 1.82) is 0 Å². The quantitative estimate of drug-likeness (QED) is 0.899. The predicted octanol–water partition coefficient (Wildman–Crippen LogP) is 1.44. The van der Waals surface area contributed by atoms with Crippen LogP contribution >= 0.6 is 0 Å². The van der Waals surface area contributed by atoms with Crippen molar-refractivity contribution in [2.45, 2.75) is 26.3 Å². The molecular formula is C19H28N4O2. The molecule has 0 saturated carbocycles. The van der Waals surface area contributed by atoms with Crippen LogP contribution in [0.5, 0.6) is 0 Å². The zero-order valence-electron chi connectivity index (χ0n) is 15.0. The van der Waals surface area contributed by atoms with Crippen LogP contribution in [0.4, 0.5) is 4.79 Å². The molecule has 3 rings (SSSR count). The van der Waals surface area contributed by atoms with Gasteiger partial charge in [-0.1, -0.05) is 29.8 Å². The lowest BCUT2D eigenvalue weighted by molar-refractivity contribution is -0.129. The van der Waals surface area contributed by atoms with Gasteiger partial charge in [0, 0.05) is 45.8 Å². The van der Waals surface area contributed by atoms with E-state index in [1.807, 2.05) is 9.80 Å². The fourth-order valence-electron chi connectivity index (χ4n) is 3.40. The molecule has 2 heterocycles. The summed E-state index contributed by atoms with van der Waals surface area (Å²) >= 11 is 0. The Bertz CT molecular complexity index is 588. The minimum atomic E-state index is -0.123. The van der Waals surface area contributed by atoms with Gasteiger partial charge in [-0.3, -0.25) is 9.69 Å². The number of aryl methyl sites for hydroxylation is 1. The summed E-state index contributed by atoms with van der Waals surface area (Å²) in [6.45, 7) is 7.91. The molecule has 1 aromatic rings. The number of piperazine rings is 1. The van der Waals surface area contributed by atoms with Crippen molar-refractivity contribution < 1.29 is 9.59 Å². The Morgan fingerprint density at radius 2 is 1.56 bits per heavy atom. The van der Waals surface area contributed by atoms with E-state index in [9.17, 15) is 9.59 Å². The Labute approximate surface area is 149 Å². The van der Waals surface area contributed by atoms with Crippen molar-refractivity contribution in [2.24, 2.45) is 0 Å². The van der Waals surface area contributed by atoms with E-state index in [2.05, 4.69) is 41.4 Å². The van der Waals surface area contributed by atoms with Gasteiger partial charge < -0.3 is 15.1 Å². The van der Waals surface area contributed by atoms with Crippen LogP contribution in [0.1, 0.15) is 24.0 Å². The molecule has 1 aromatic carbocycles. The van der Waals surface area contributed by atoms with Crippen LogP contribution in [0.2, 0.25) is 0 Å². The molecule has 0 atom stereocenters. The molecule has 136 valence electrons. The summed E-state index contributed by atoms with van der Waals surface area (Å²) in [6, 6.07) is 8.48. The van der Waals surface area contributed by atoms with Crippen molar-refractivity contribution in [2.75, 3.05) is 45.8 Å². The normalized spacial score (nSPS) is 18.4. The Hall–Kier alpha value is -2.08. The second-order valence-electron chi connectivity index (χ2n) is 7.00. The van der Waals surface area contributed by atoms with E-state index >= 15 is 0 Å². The molecule has 0 aromatic heterocycles. The van der Waals surface area contributed by atoms with Crippen LogP contribution in [-0.2, 0) is 11.3 Å². The molecule has 0 unspecified atom stereocenters. The van der Waals surface area contributed by atoms with E-state index in [0.717, 1.165) is 45.6 Å². The lowest BCUT2D eigenvalue weighted by Gasteiger charge is -2.34. The lowest BCUT2D eigenvalue weighted by Crippen LogP contribution is -2.52. The molecule has 2 aliphatic rings. The predicted molar refractivity (Wildman–Crippen MR) is 97.2 cm³/mol. The average molecular weight is 344 g/mol. The summed E-state index contributed by atoms with van der Waals surface area (Å²) in [5.41, 5.74) is 2.58. The summed E-state index contributed by atoms with van der Waals surface area (Å²) in [5.74, 6) is 0.0313. The molecule has 6 heteroatoms. The topological polar surface area (TPSA) is 55.9 Å². The zero-order valence-corrected chi connectivity index (χ0v) is 15.0. The fourth-order valence-corrected chi connectivity index (χ4v) is 3.40. The van der Waals surface area contributed by atoms with E-state index in [-0.39, 0.29) is 18.5 Å². The summed E-state index contributed by atoms with van der Waals surface area (Å²) in [5, 5.41) is 2.78. The van der Waals surface area contributed by atoms with E-state index in [4.69, 9.17) is 0 Å². The number of hydrogen-bond donors (Lipinski definition) is 1. The molecular weight excluding hydrogens is 316 g/mol. The van der Waals surface area contributed by atoms with E-state index in [0.29, 0.717) is 13.1 Å². The van der Waals surface area contributed by atoms with Gasteiger partial charge in [0.2, 0.25) is 5.91 Å². The minimum Gasteiger partial charge on any atom is -0.341 e. The first kappa shape index (κ1) is 17.7. The highest BCUT2D eigenvalue weighted by molar-refractivity contribution is 5.84. The SMILES string of the molecule is Cc1ccc(CN2CCN(C(=O)NCC(=O)N3CCCC3)CC2)cc1. The van der Waals surface area contributed by atoms with Crippen LogP contribution in [0.3, 0.4) is 0 Å². The number of carbonyl (C=O) groups is 2. The summed E-state index contributed by atoms with van der Waals surface area (Å²) in [4.78, 5) is 30.2. The van der Waals surface area contributed by atoms with E-state index < -0.39 is 0 Å². The summed E-state index contributed by atoms with van der Waals surface area (Å²) in [7, 11) is 0. The monoisotopic (exact) mass is 344 g/mol. The molecule has 1 N–H and O–H groups in total. The van der Waals surface area contributed by atoms with Crippen LogP contribution in [-0.4, -0.2) is 72.5 Å². The van der Waals surface area contributed by atoms with Gasteiger partial charge in [0.1, 0.15) is 0 Å². The lowest BCUT2D eigenvalue weighted by atomic mass is 10.1. The van der Waals surface area contributed by atoms with Gasteiger partial charge in [0.25, 0.3) is 0 Å².